The average Bonchev–Trinajstić information content (AvgIpc) is 3.04. The third-order valence-corrected chi connectivity index (χ3v) is 5.36. The van der Waals surface area contributed by atoms with Crippen LogP contribution in [0.3, 0.4) is 0 Å². The van der Waals surface area contributed by atoms with Gasteiger partial charge in [-0.05, 0) is 47.7 Å². The van der Waals surface area contributed by atoms with Crippen LogP contribution in [0.25, 0.3) is 0 Å². The molecule has 1 aliphatic heterocycles. The van der Waals surface area contributed by atoms with E-state index >= 15 is 0 Å². The molecule has 122 valence electrons. The first kappa shape index (κ1) is 15.4. The van der Waals surface area contributed by atoms with E-state index in [1.165, 1.54) is 6.07 Å². The summed E-state index contributed by atoms with van der Waals surface area (Å²) in [5.41, 5.74) is 2.75. The molecule has 0 amide bonds. The van der Waals surface area contributed by atoms with Gasteiger partial charge in [0.25, 0.3) is 0 Å². The predicted molar refractivity (Wildman–Crippen MR) is 93.9 cm³/mol. The first-order valence-corrected chi connectivity index (χ1v) is 8.59. The van der Waals surface area contributed by atoms with Gasteiger partial charge in [0.05, 0.1) is 17.3 Å². The topological polar surface area (TPSA) is 49.3 Å². The molecule has 1 heterocycles. The molecule has 0 aromatic heterocycles. The normalized spacial score (nSPS) is 24.2. The Kier molecular flexibility index (Phi) is 3.68. The van der Waals surface area contributed by atoms with Crippen molar-refractivity contribution in [3.63, 3.8) is 0 Å². The smallest absolute Gasteiger partial charge is 0.335 e. The van der Waals surface area contributed by atoms with Gasteiger partial charge < -0.3 is 10.4 Å². The number of carboxylic acids is 1. The second-order valence-electron chi connectivity index (χ2n) is 6.25. The molecule has 0 fully saturated rings. The second kappa shape index (κ2) is 5.74. The van der Waals surface area contributed by atoms with Gasteiger partial charge >= 0.3 is 5.97 Å². The fraction of sp³-hybridized carbons (Fsp3) is 0.211. The van der Waals surface area contributed by atoms with Gasteiger partial charge in [-0.25, -0.2) is 9.18 Å². The summed E-state index contributed by atoms with van der Waals surface area (Å²) in [5, 5.41) is 12.4. The number of halogens is 2. The van der Waals surface area contributed by atoms with Crippen molar-refractivity contribution < 1.29 is 14.3 Å². The molecular weight excluding hydrogens is 373 g/mol. The van der Waals surface area contributed by atoms with Crippen molar-refractivity contribution >= 4 is 27.6 Å². The van der Waals surface area contributed by atoms with Crippen LogP contribution in [0.2, 0.25) is 0 Å². The van der Waals surface area contributed by atoms with Crippen molar-refractivity contribution in [3.05, 3.63) is 75.5 Å². The lowest BCUT2D eigenvalue weighted by Gasteiger charge is -2.37. The molecule has 24 heavy (non-hydrogen) atoms. The van der Waals surface area contributed by atoms with Crippen molar-refractivity contribution in [2.45, 2.75) is 18.4 Å². The van der Waals surface area contributed by atoms with Gasteiger partial charge in [-0.2, -0.15) is 0 Å². The highest BCUT2D eigenvalue weighted by Gasteiger charge is 2.39. The first-order chi connectivity index (χ1) is 11.5. The average molecular weight is 388 g/mol. The molecule has 0 saturated carbocycles. The summed E-state index contributed by atoms with van der Waals surface area (Å²) < 4.78 is 15.2. The highest BCUT2D eigenvalue weighted by Crippen LogP contribution is 2.51. The van der Waals surface area contributed by atoms with Gasteiger partial charge in [0, 0.05) is 10.4 Å². The Hall–Kier alpha value is -2.14. The summed E-state index contributed by atoms with van der Waals surface area (Å²) in [6.07, 6.45) is 5.20. The van der Waals surface area contributed by atoms with Gasteiger partial charge in [0.1, 0.15) is 5.82 Å². The monoisotopic (exact) mass is 387 g/mol. The SMILES string of the molecule is O=C(O)c1ccc(C2Nc3c(F)cc(Br)cc3C3C=CCC32)cc1. The minimum atomic E-state index is -0.945. The molecule has 0 saturated heterocycles. The van der Waals surface area contributed by atoms with Gasteiger partial charge in [0.2, 0.25) is 0 Å². The van der Waals surface area contributed by atoms with Crippen LogP contribution in [0.1, 0.15) is 39.9 Å². The number of nitrogens with one attached hydrogen (secondary N) is 1. The lowest BCUT2D eigenvalue weighted by molar-refractivity contribution is 0.0697. The molecule has 0 spiro atoms. The first-order valence-electron chi connectivity index (χ1n) is 7.80. The minimum absolute atomic E-state index is 0.0454. The summed E-state index contributed by atoms with van der Waals surface area (Å²) >= 11 is 3.37. The predicted octanol–water partition coefficient (Wildman–Crippen LogP) is 5.11. The van der Waals surface area contributed by atoms with Crippen molar-refractivity contribution in [1.82, 2.24) is 0 Å². The van der Waals surface area contributed by atoms with Crippen LogP contribution >= 0.6 is 15.9 Å². The van der Waals surface area contributed by atoms with Crippen LogP contribution in [-0.4, -0.2) is 11.1 Å². The fourth-order valence-corrected chi connectivity index (χ4v) is 4.23. The summed E-state index contributed by atoms with van der Waals surface area (Å²) in [6.45, 7) is 0. The van der Waals surface area contributed by atoms with Crippen molar-refractivity contribution in [2.24, 2.45) is 5.92 Å². The Morgan fingerprint density at radius 3 is 2.71 bits per heavy atom. The quantitative estimate of drug-likeness (QED) is 0.703. The Morgan fingerprint density at radius 1 is 1.25 bits per heavy atom. The summed E-state index contributed by atoms with van der Waals surface area (Å²) in [5.74, 6) is -0.760. The van der Waals surface area contributed by atoms with Crippen molar-refractivity contribution in [3.8, 4) is 0 Å². The van der Waals surface area contributed by atoms with Gasteiger partial charge in [-0.3, -0.25) is 0 Å². The molecule has 3 atom stereocenters. The number of benzene rings is 2. The van der Waals surface area contributed by atoms with E-state index in [1.54, 1.807) is 12.1 Å². The molecule has 2 aromatic rings. The maximum Gasteiger partial charge on any atom is 0.335 e. The van der Waals surface area contributed by atoms with Crippen LogP contribution in [-0.2, 0) is 0 Å². The molecular formula is C19H15BrFNO2. The number of carbonyl (C=O) groups is 1. The van der Waals surface area contributed by atoms with E-state index in [-0.39, 0.29) is 23.3 Å². The van der Waals surface area contributed by atoms with E-state index in [9.17, 15) is 9.18 Å². The largest absolute Gasteiger partial charge is 0.478 e. The van der Waals surface area contributed by atoms with Crippen molar-refractivity contribution in [1.29, 1.82) is 0 Å². The molecule has 2 aliphatic rings. The zero-order valence-corrected chi connectivity index (χ0v) is 14.3. The van der Waals surface area contributed by atoms with Crippen LogP contribution in [0, 0.1) is 11.7 Å². The summed E-state index contributed by atoms with van der Waals surface area (Å²) in [4.78, 5) is 11.0. The molecule has 3 unspecified atom stereocenters. The number of rotatable bonds is 2. The highest BCUT2D eigenvalue weighted by atomic mass is 79.9. The van der Waals surface area contributed by atoms with Crippen LogP contribution in [0.5, 0.6) is 0 Å². The Balaban J connectivity index is 1.76. The number of fused-ring (bicyclic) bond motifs is 3. The van der Waals surface area contributed by atoms with Gasteiger partial charge in [0.15, 0.2) is 0 Å². The van der Waals surface area contributed by atoms with Gasteiger partial charge in [-0.15, -0.1) is 0 Å². The maximum atomic E-state index is 14.5. The molecule has 5 heteroatoms. The summed E-state index contributed by atoms with van der Waals surface area (Å²) in [6, 6.07) is 10.2. The van der Waals surface area contributed by atoms with E-state index in [1.807, 2.05) is 18.2 Å². The van der Waals surface area contributed by atoms with E-state index in [0.29, 0.717) is 11.6 Å². The standard InChI is InChI=1S/C19H15BrFNO2/c20-12-8-15-13-2-1-3-14(13)17(22-18(15)16(21)9-12)10-4-6-11(7-5-10)19(23)24/h1-2,4-9,13-14,17,22H,3H2,(H,23,24). The summed E-state index contributed by atoms with van der Waals surface area (Å²) in [7, 11) is 0. The van der Waals surface area contributed by atoms with E-state index < -0.39 is 5.97 Å². The number of carboxylic acid groups (broad SMARTS) is 1. The van der Waals surface area contributed by atoms with Crippen LogP contribution in [0.4, 0.5) is 10.1 Å². The Labute approximate surface area is 147 Å². The molecule has 3 nitrogen and oxygen atoms in total. The Bertz CT molecular complexity index is 847. The third kappa shape index (κ3) is 2.44. The molecule has 0 bridgehead atoms. The number of hydrogen-bond donors (Lipinski definition) is 2. The van der Waals surface area contributed by atoms with Crippen molar-refractivity contribution in [2.75, 3.05) is 5.32 Å². The maximum absolute atomic E-state index is 14.5. The molecule has 4 rings (SSSR count). The molecule has 2 aromatic carbocycles. The van der Waals surface area contributed by atoms with Crippen LogP contribution < -0.4 is 5.32 Å². The number of aromatic carboxylic acids is 1. The number of anilines is 1. The van der Waals surface area contributed by atoms with Gasteiger partial charge in [-0.1, -0.05) is 40.2 Å². The van der Waals surface area contributed by atoms with E-state index in [4.69, 9.17) is 5.11 Å². The molecule has 0 radical (unpaired) electrons. The third-order valence-electron chi connectivity index (χ3n) is 4.90. The van der Waals surface area contributed by atoms with E-state index in [0.717, 1.165) is 22.0 Å². The second-order valence-corrected chi connectivity index (χ2v) is 7.17. The zero-order valence-electron chi connectivity index (χ0n) is 12.7. The lowest BCUT2D eigenvalue weighted by atomic mass is 9.77. The highest BCUT2D eigenvalue weighted by molar-refractivity contribution is 9.10. The molecule has 1 aliphatic carbocycles. The van der Waals surface area contributed by atoms with E-state index in [2.05, 4.69) is 33.4 Å². The zero-order chi connectivity index (χ0) is 16.8. The molecule has 2 N–H and O–H groups in total. The fourth-order valence-electron chi connectivity index (χ4n) is 3.78. The number of allylic oxidation sites excluding steroid dienone is 2. The lowest BCUT2D eigenvalue weighted by Crippen LogP contribution is -2.29. The number of hydrogen-bond acceptors (Lipinski definition) is 2. The Morgan fingerprint density at radius 2 is 2.00 bits per heavy atom. The van der Waals surface area contributed by atoms with Crippen LogP contribution in [0.15, 0.2) is 53.0 Å². The minimum Gasteiger partial charge on any atom is -0.478 e.